The van der Waals surface area contributed by atoms with Crippen molar-refractivity contribution in [3.63, 3.8) is 0 Å². The molecule has 0 amide bonds. The standard InChI is InChI=1S/C12H16N2O3/c1-9-7-10(3-4-11(9)14(16)17)13-6-5-12(2,15)8-13/h3-4,7,15H,5-6,8H2,1-2H3. The second-order valence-corrected chi connectivity index (χ2v) is 4.90. The van der Waals surface area contributed by atoms with Crippen LogP contribution < -0.4 is 4.90 Å². The van der Waals surface area contributed by atoms with Crippen LogP contribution in [0.3, 0.4) is 0 Å². The van der Waals surface area contributed by atoms with E-state index in [1.807, 2.05) is 6.92 Å². The second kappa shape index (κ2) is 4.00. The Labute approximate surface area is 99.8 Å². The van der Waals surface area contributed by atoms with E-state index < -0.39 is 5.60 Å². The summed E-state index contributed by atoms with van der Waals surface area (Å²) in [5.41, 5.74) is 1.07. The second-order valence-electron chi connectivity index (χ2n) is 4.90. The number of β-amino-alcohol motifs (C(OH)–C–C–N with tert-alkyl or cyclic N) is 1. The van der Waals surface area contributed by atoms with Crippen LogP contribution in [-0.4, -0.2) is 28.7 Å². The molecule has 1 aliphatic rings. The van der Waals surface area contributed by atoms with Crippen LogP contribution in [0.5, 0.6) is 0 Å². The molecule has 1 aromatic carbocycles. The first-order valence-corrected chi connectivity index (χ1v) is 5.61. The SMILES string of the molecule is Cc1cc(N2CCC(C)(O)C2)ccc1[N+](=O)[O-]. The van der Waals surface area contributed by atoms with Crippen molar-refractivity contribution in [3.8, 4) is 0 Å². The van der Waals surface area contributed by atoms with E-state index in [4.69, 9.17) is 0 Å². The van der Waals surface area contributed by atoms with Gasteiger partial charge in [-0.3, -0.25) is 10.1 Å². The minimum atomic E-state index is -0.657. The molecule has 5 nitrogen and oxygen atoms in total. The summed E-state index contributed by atoms with van der Waals surface area (Å²) in [4.78, 5) is 12.4. The smallest absolute Gasteiger partial charge is 0.272 e. The molecule has 5 heteroatoms. The zero-order chi connectivity index (χ0) is 12.6. The van der Waals surface area contributed by atoms with Crippen LogP contribution in [-0.2, 0) is 0 Å². The summed E-state index contributed by atoms with van der Waals surface area (Å²) >= 11 is 0. The van der Waals surface area contributed by atoms with Gasteiger partial charge in [0.25, 0.3) is 5.69 Å². The Kier molecular flexibility index (Phi) is 2.79. The third-order valence-corrected chi connectivity index (χ3v) is 3.19. The van der Waals surface area contributed by atoms with E-state index in [0.29, 0.717) is 12.1 Å². The van der Waals surface area contributed by atoms with Gasteiger partial charge in [-0.1, -0.05) is 0 Å². The van der Waals surface area contributed by atoms with Gasteiger partial charge in [-0.15, -0.1) is 0 Å². The van der Waals surface area contributed by atoms with Crippen LogP contribution in [0.25, 0.3) is 0 Å². The van der Waals surface area contributed by atoms with E-state index in [1.165, 1.54) is 6.07 Å². The average molecular weight is 236 g/mol. The van der Waals surface area contributed by atoms with E-state index in [2.05, 4.69) is 4.90 Å². The summed E-state index contributed by atoms with van der Waals surface area (Å²) < 4.78 is 0. The van der Waals surface area contributed by atoms with Gasteiger partial charge >= 0.3 is 0 Å². The Hall–Kier alpha value is -1.62. The first-order valence-electron chi connectivity index (χ1n) is 5.61. The Balaban J connectivity index is 2.24. The van der Waals surface area contributed by atoms with Gasteiger partial charge in [-0.25, -0.2) is 0 Å². The third-order valence-electron chi connectivity index (χ3n) is 3.19. The first kappa shape index (κ1) is 11.9. The molecular weight excluding hydrogens is 220 g/mol. The fraction of sp³-hybridized carbons (Fsp3) is 0.500. The van der Waals surface area contributed by atoms with Crippen molar-refractivity contribution in [2.75, 3.05) is 18.0 Å². The van der Waals surface area contributed by atoms with Gasteiger partial charge in [0, 0.05) is 30.4 Å². The van der Waals surface area contributed by atoms with E-state index in [-0.39, 0.29) is 10.6 Å². The van der Waals surface area contributed by atoms with E-state index in [1.54, 1.807) is 19.1 Å². The normalized spacial score (nSPS) is 24.1. The molecule has 1 atom stereocenters. The van der Waals surface area contributed by atoms with Crippen molar-refractivity contribution >= 4 is 11.4 Å². The minimum Gasteiger partial charge on any atom is -0.388 e. The van der Waals surface area contributed by atoms with Crippen LogP contribution in [0, 0.1) is 17.0 Å². The third kappa shape index (κ3) is 2.39. The highest BCUT2D eigenvalue weighted by molar-refractivity contribution is 5.56. The number of nitro groups is 1. The Morgan fingerprint density at radius 1 is 1.53 bits per heavy atom. The highest BCUT2D eigenvalue weighted by Crippen LogP contribution is 2.29. The molecule has 17 heavy (non-hydrogen) atoms. The molecule has 1 aromatic rings. The van der Waals surface area contributed by atoms with Crippen LogP contribution >= 0.6 is 0 Å². The number of aryl methyl sites for hydroxylation is 1. The summed E-state index contributed by atoms with van der Waals surface area (Å²) in [6.45, 7) is 4.90. The van der Waals surface area contributed by atoms with Crippen molar-refractivity contribution in [2.24, 2.45) is 0 Å². The predicted molar refractivity (Wildman–Crippen MR) is 65.3 cm³/mol. The summed E-state index contributed by atoms with van der Waals surface area (Å²) in [7, 11) is 0. The van der Waals surface area contributed by atoms with Gasteiger partial charge in [-0.05, 0) is 32.4 Å². The molecule has 0 radical (unpaired) electrons. The quantitative estimate of drug-likeness (QED) is 0.628. The molecule has 1 fully saturated rings. The van der Waals surface area contributed by atoms with Gasteiger partial charge in [-0.2, -0.15) is 0 Å². The molecule has 0 bridgehead atoms. The molecule has 0 saturated carbocycles. The molecule has 0 aliphatic carbocycles. The monoisotopic (exact) mass is 236 g/mol. The molecule has 2 rings (SSSR count). The van der Waals surface area contributed by atoms with Crippen molar-refractivity contribution in [2.45, 2.75) is 25.9 Å². The molecule has 1 saturated heterocycles. The summed E-state index contributed by atoms with van der Waals surface area (Å²) in [6.07, 6.45) is 0.725. The molecule has 1 unspecified atom stereocenters. The Bertz CT molecular complexity index is 457. The van der Waals surface area contributed by atoms with Crippen molar-refractivity contribution in [1.29, 1.82) is 0 Å². The van der Waals surface area contributed by atoms with Gasteiger partial charge in [0.2, 0.25) is 0 Å². The molecule has 1 heterocycles. The van der Waals surface area contributed by atoms with Crippen LogP contribution in [0.15, 0.2) is 18.2 Å². The number of nitro benzene ring substituents is 1. The lowest BCUT2D eigenvalue weighted by atomic mass is 10.1. The number of nitrogens with zero attached hydrogens (tertiary/aromatic N) is 2. The number of benzene rings is 1. The number of hydrogen-bond acceptors (Lipinski definition) is 4. The molecule has 92 valence electrons. The largest absolute Gasteiger partial charge is 0.388 e. The molecule has 0 aromatic heterocycles. The zero-order valence-electron chi connectivity index (χ0n) is 10.0. The molecule has 0 spiro atoms. The van der Waals surface area contributed by atoms with E-state index in [9.17, 15) is 15.2 Å². The lowest BCUT2D eigenvalue weighted by molar-refractivity contribution is -0.385. The number of anilines is 1. The highest BCUT2D eigenvalue weighted by Gasteiger charge is 2.31. The summed E-state index contributed by atoms with van der Waals surface area (Å²) in [6, 6.07) is 5.07. The van der Waals surface area contributed by atoms with Crippen molar-refractivity contribution in [1.82, 2.24) is 0 Å². The Morgan fingerprint density at radius 2 is 2.24 bits per heavy atom. The maximum Gasteiger partial charge on any atom is 0.272 e. The van der Waals surface area contributed by atoms with E-state index in [0.717, 1.165) is 18.7 Å². The first-order chi connectivity index (χ1) is 7.89. The molecule has 1 N–H and O–H groups in total. The maximum atomic E-state index is 10.7. The van der Waals surface area contributed by atoms with Crippen LogP contribution in [0.4, 0.5) is 11.4 Å². The number of hydrogen-bond donors (Lipinski definition) is 1. The van der Waals surface area contributed by atoms with Gasteiger partial charge in [0.05, 0.1) is 10.5 Å². The highest BCUT2D eigenvalue weighted by atomic mass is 16.6. The topological polar surface area (TPSA) is 66.6 Å². The van der Waals surface area contributed by atoms with Gasteiger partial charge < -0.3 is 10.0 Å². The zero-order valence-corrected chi connectivity index (χ0v) is 10.0. The van der Waals surface area contributed by atoms with Crippen molar-refractivity contribution < 1.29 is 10.0 Å². The van der Waals surface area contributed by atoms with Crippen LogP contribution in [0.2, 0.25) is 0 Å². The lowest BCUT2D eigenvalue weighted by Crippen LogP contribution is -2.29. The number of aliphatic hydroxyl groups is 1. The predicted octanol–water partition coefficient (Wildman–Crippen LogP) is 1.86. The fourth-order valence-corrected chi connectivity index (χ4v) is 2.21. The van der Waals surface area contributed by atoms with Crippen LogP contribution in [0.1, 0.15) is 18.9 Å². The summed E-state index contributed by atoms with van der Waals surface area (Å²) in [5.74, 6) is 0. The lowest BCUT2D eigenvalue weighted by Gasteiger charge is -2.21. The average Bonchev–Trinajstić information content (AvgIpc) is 2.58. The molecular formula is C12H16N2O3. The summed E-state index contributed by atoms with van der Waals surface area (Å²) in [5, 5.41) is 20.6. The van der Waals surface area contributed by atoms with E-state index >= 15 is 0 Å². The number of rotatable bonds is 2. The Morgan fingerprint density at radius 3 is 2.71 bits per heavy atom. The van der Waals surface area contributed by atoms with Gasteiger partial charge in [0.15, 0.2) is 0 Å². The minimum absolute atomic E-state index is 0.139. The fourth-order valence-electron chi connectivity index (χ4n) is 2.21. The van der Waals surface area contributed by atoms with Gasteiger partial charge in [0.1, 0.15) is 0 Å². The van der Waals surface area contributed by atoms with Crippen molar-refractivity contribution in [3.05, 3.63) is 33.9 Å². The molecule has 1 aliphatic heterocycles. The maximum absolute atomic E-state index is 10.7.